The molecule has 2 aromatic carbocycles. The Morgan fingerprint density at radius 2 is 1.87 bits per heavy atom. The number of ether oxygens (including phenoxy) is 1. The molecule has 0 bridgehead atoms. The van der Waals surface area contributed by atoms with Gasteiger partial charge in [0, 0.05) is 32.7 Å². The van der Waals surface area contributed by atoms with Crippen molar-refractivity contribution in [3.63, 3.8) is 0 Å². The lowest BCUT2D eigenvalue weighted by Gasteiger charge is -2.30. The molecule has 3 N–H and O–H groups in total. The highest BCUT2D eigenvalue weighted by Gasteiger charge is 2.18. The molecule has 0 radical (unpaired) electrons. The molecule has 2 aromatic rings. The van der Waals surface area contributed by atoms with E-state index in [0.717, 1.165) is 50.7 Å². The zero-order valence-corrected chi connectivity index (χ0v) is 17.9. The standard InChI is InChI=1S/C24H34N4O2/c1-2-25-24(26-14-8-16-30-23-11-4-3-5-12-23)27-17-22(29)19-28-15-13-20-9-6-7-10-21(20)18-28/h3-7,9-12,22,29H,2,8,13-19H2,1H3,(H2,25,26,27). The van der Waals surface area contributed by atoms with Gasteiger partial charge in [-0.15, -0.1) is 0 Å². The highest BCUT2D eigenvalue weighted by atomic mass is 16.5. The van der Waals surface area contributed by atoms with E-state index in [9.17, 15) is 5.11 Å². The zero-order chi connectivity index (χ0) is 21.0. The number of aliphatic hydroxyl groups excluding tert-OH is 1. The molecular weight excluding hydrogens is 376 g/mol. The summed E-state index contributed by atoms with van der Waals surface area (Å²) in [7, 11) is 0. The molecule has 3 rings (SSSR count). The van der Waals surface area contributed by atoms with Gasteiger partial charge in [0.15, 0.2) is 5.96 Å². The van der Waals surface area contributed by atoms with Gasteiger partial charge in [-0.25, -0.2) is 0 Å². The van der Waals surface area contributed by atoms with Gasteiger partial charge in [0.25, 0.3) is 0 Å². The topological polar surface area (TPSA) is 69.1 Å². The maximum Gasteiger partial charge on any atom is 0.191 e. The first-order valence-electron chi connectivity index (χ1n) is 10.9. The van der Waals surface area contributed by atoms with Crippen LogP contribution in [0.3, 0.4) is 0 Å². The molecule has 0 fully saturated rings. The number of hydrogen-bond donors (Lipinski definition) is 3. The van der Waals surface area contributed by atoms with Crippen molar-refractivity contribution in [1.82, 2.24) is 15.5 Å². The fourth-order valence-corrected chi connectivity index (χ4v) is 3.59. The van der Waals surface area contributed by atoms with Gasteiger partial charge in [-0.3, -0.25) is 9.89 Å². The molecule has 0 amide bonds. The van der Waals surface area contributed by atoms with Crippen molar-refractivity contribution < 1.29 is 9.84 Å². The van der Waals surface area contributed by atoms with Gasteiger partial charge in [-0.1, -0.05) is 42.5 Å². The minimum atomic E-state index is -0.480. The minimum absolute atomic E-state index is 0.383. The summed E-state index contributed by atoms with van der Waals surface area (Å²) in [5.74, 6) is 1.63. The summed E-state index contributed by atoms with van der Waals surface area (Å²) in [6, 6.07) is 18.4. The van der Waals surface area contributed by atoms with Gasteiger partial charge in [-0.2, -0.15) is 0 Å². The maximum absolute atomic E-state index is 10.5. The van der Waals surface area contributed by atoms with Crippen molar-refractivity contribution >= 4 is 5.96 Å². The first-order valence-corrected chi connectivity index (χ1v) is 10.9. The molecule has 0 saturated heterocycles. The number of para-hydroxylation sites is 1. The molecule has 6 nitrogen and oxygen atoms in total. The Kier molecular flexibility index (Phi) is 9.00. The second-order valence-corrected chi connectivity index (χ2v) is 7.57. The number of fused-ring (bicyclic) bond motifs is 1. The molecular formula is C24H34N4O2. The molecule has 30 heavy (non-hydrogen) atoms. The number of benzene rings is 2. The third kappa shape index (κ3) is 7.35. The van der Waals surface area contributed by atoms with Crippen molar-refractivity contribution in [3.05, 3.63) is 65.7 Å². The average Bonchev–Trinajstić information content (AvgIpc) is 2.78. The molecule has 162 valence electrons. The normalized spacial score (nSPS) is 15.3. The summed E-state index contributed by atoms with van der Waals surface area (Å²) in [5.41, 5.74) is 2.79. The van der Waals surface area contributed by atoms with E-state index in [1.807, 2.05) is 37.3 Å². The number of β-amino-alcohol motifs (C(OH)–C–C–N with tert-alkyl or cyclic N) is 1. The van der Waals surface area contributed by atoms with E-state index in [4.69, 9.17) is 4.74 Å². The predicted molar refractivity (Wildman–Crippen MR) is 122 cm³/mol. The Balaban J connectivity index is 1.37. The van der Waals surface area contributed by atoms with Crippen LogP contribution < -0.4 is 15.4 Å². The fourth-order valence-electron chi connectivity index (χ4n) is 3.59. The predicted octanol–water partition coefficient (Wildman–Crippen LogP) is 2.43. The quantitative estimate of drug-likeness (QED) is 0.319. The monoisotopic (exact) mass is 410 g/mol. The number of aliphatic imine (C=N–C) groups is 1. The number of aliphatic hydroxyl groups is 1. The van der Waals surface area contributed by atoms with Gasteiger partial charge >= 0.3 is 0 Å². The van der Waals surface area contributed by atoms with Crippen molar-refractivity contribution in [1.29, 1.82) is 0 Å². The Hall–Kier alpha value is -2.57. The lowest BCUT2D eigenvalue weighted by molar-refractivity contribution is 0.111. The Bertz CT molecular complexity index is 782. The number of guanidine groups is 1. The van der Waals surface area contributed by atoms with Crippen molar-refractivity contribution in [2.45, 2.75) is 32.4 Å². The van der Waals surface area contributed by atoms with Gasteiger partial charge < -0.3 is 20.5 Å². The summed E-state index contributed by atoms with van der Waals surface area (Å²) in [6.07, 6.45) is 1.43. The van der Waals surface area contributed by atoms with Gasteiger partial charge in [-0.05, 0) is 43.0 Å². The molecule has 1 aliphatic rings. The van der Waals surface area contributed by atoms with Crippen LogP contribution in [0, 0.1) is 0 Å². The van der Waals surface area contributed by atoms with Crippen molar-refractivity contribution in [3.8, 4) is 5.75 Å². The molecule has 1 unspecified atom stereocenters. The molecule has 1 heterocycles. The average molecular weight is 411 g/mol. The van der Waals surface area contributed by atoms with Crippen LogP contribution in [0.4, 0.5) is 0 Å². The molecule has 0 aliphatic carbocycles. The van der Waals surface area contributed by atoms with Crippen LogP contribution in [-0.4, -0.2) is 61.4 Å². The first kappa shape index (κ1) is 22.1. The van der Waals surface area contributed by atoms with E-state index in [1.54, 1.807) is 0 Å². The van der Waals surface area contributed by atoms with E-state index in [0.29, 0.717) is 19.7 Å². The second-order valence-electron chi connectivity index (χ2n) is 7.57. The third-order valence-corrected chi connectivity index (χ3v) is 5.11. The summed E-state index contributed by atoms with van der Waals surface area (Å²) in [6.45, 7) is 7.14. The Labute approximate surface area is 180 Å². The van der Waals surface area contributed by atoms with Crippen LogP contribution in [0.25, 0.3) is 0 Å². The van der Waals surface area contributed by atoms with Gasteiger partial charge in [0.1, 0.15) is 5.75 Å². The first-order chi connectivity index (χ1) is 14.7. The smallest absolute Gasteiger partial charge is 0.191 e. The maximum atomic E-state index is 10.5. The van der Waals surface area contributed by atoms with E-state index in [2.05, 4.69) is 44.8 Å². The number of rotatable bonds is 10. The highest BCUT2D eigenvalue weighted by Crippen LogP contribution is 2.18. The molecule has 1 atom stereocenters. The summed E-state index contributed by atoms with van der Waals surface area (Å²) in [4.78, 5) is 6.87. The van der Waals surface area contributed by atoms with Crippen LogP contribution in [0.1, 0.15) is 24.5 Å². The number of hydrogen-bond acceptors (Lipinski definition) is 4. The van der Waals surface area contributed by atoms with Crippen molar-refractivity contribution in [2.75, 3.05) is 39.3 Å². The van der Waals surface area contributed by atoms with Gasteiger partial charge in [0.05, 0.1) is 19.3 Å². The van der Waals surface area contributed by atoms with Crippen LogP contribution in [0.2, 0.25) is 0 Å². The third-order valence-electron chi connectivity index (χ3n) is 5.11. The minimum Gasteiger partial charge on any atom is -0.494 e. The zero-order valence-electron chi connectivity index (χ0n) is 17.9. The summed E-state index contributed by atoms with van der Waals surface area (Å²) >= 11 is 0. The molecule has 0 spiro atoms. The van der Waals surface area contributed by atoms with Crippen LogP contribution >= 0.6 is 0 Å². The van der Waals surface area contributed by atoms with Crippen LogP contribution in [-0.2, 0) is 13.0 Å². The van der Waals surface area contributed by atoms with Crippen LogP contribution in [0.5, 0.6) is 5.75 Å². The molecule has 6 heteroatoms. The van der Waals surface area contributed by atoms with Crippen LogP contribution in [0.15, 0.2) is 59.6 Å². The Morgan fingerprint density at radius 3 is 2.67 bits per heavy atom. The molecule has 1 aliphatic heterocycles. The SMILES string of the molecule is CCNC(=NCC(O)CN1CCc2ccccc2C1)NCCCOc1ccccc1. The lowest BCUT2D eigenvalue weighted by Crippen LogP contribution is -2.40. The van der Waals surface area contributed by atoms with E-state index >= 15 is 0 Å². The number of nitrogens with zero attached hydrogens (tertiary/aromatic N) is 2. The van der Waals surface area contributed by atoms with Crippen molar-refractivity contribution in [2.24, 2.45) is 4.99 Å². The summed E-state index contributed by atoms with van der Waals surface area (Å²) < 4.78 is 5.71. The Morgan fingerprint density at radius 1 is 1.10 bits per heavy atom. The van der Waals surface area contributed by atoms with E-state index < -0.39 is 6.10 Å². The summed E-state index contributed by atoms with van der Waals surface area (Å²) in [5, 5.41) is 17.0. The largest absolute Gasteiger partial charge is 0.494 e. The second kappa shape index (κ2) is 12.2. The molecule has 0 aromatic heterocycles. The van der Waals surface area contributed by atoms with Gasteiger partial charge in [0.2, 0.25) is 0 Å². The highest BCUT2D eigenvalue weighted by molar-refractivity contribution is 5.79. The molecule has 0 saturated carbocycles. The van der Waals surface area contributed by atoms with E-state index in [1.165, 1.54) is 11.1 Å². The lowest BCUT2D eigenvalue weighted by atomic mass is 10.00. The van der Waals surface area contributed by atoms with E-state index in [-0.39, 0.29) is 0 Å². The fraction of sp³-hybridized carbons (Fsp3) is 0.458. The number of nitrogens with one attached hydrogen (secondary N) is 2.